The Morgan fingerprint density at radius 1 is 1.00 bits per heavy atom. The van der Waals surface area contributed by atoms with Crippen molar-refractivity contribution < 1.29 is 0 Å². The third-order valence-corrected chi connectivity index (χ3v) is 5.42. The molecule has 1 aliphatic rings. The molecule has 0 spiro atoms. The van der Waals surface area contributed by atoms with Crippen LogP contribution in [0, 0.1) is 5.92 Å². The molecule has 1 aliphatic heterocycles. The second-order valence-corrected chi connectivity index (χ2v) is 7.39. The molecule has 5 heteroatoms. The molecule has 0 aliphatic carbocycles. The highest BCUT2D eigenvalue weighted by molar-refractivity contribution is 5.79. The highest BCUT2D eigenvalue weighted by atomic mass is 15.2. The minimum Gasteiger partial charge on any atom is -0.356 e. The van der Waals surface area contributed by atoms with Gasteiger partial charge < -0.3 is 15.5 Å². The molecule has 0 atom stereocenters. The van der Waals surface area contributed by atoms with Crippen LogP contribution in [-0.4, -0.2) is 62.6 Å². The van der Waals surface area contributed by atoms with Crippen LogP contribution in [0.4, 0.5) is 0 Å². The molecule has 1 saturated heterocycles. The van der Waals surface area contributed by atoms with Gasteiger partial charge >= 0.3 is 0 Å². The lowest BCUT2D eigenvalue weighted by atomic mass is 10.0. The van der Waals surface area contributed by atoms with Crippen LogP contribution in [-0.2, 0) is 13.1 Å². The number of nitrogens with one attached hydrogen (secondary N) is 2. The largest absolute Gasteiger partial charge is 0.356 e. The molecule has 0 unspecified atom stereocenters. The van der Waals surface area contributed by atoms with Gasteiger partial charge in [-0.3, -0.25) is 9.89 Å². The number of guanidine groups is 1. The number of nitrogens with zero attached hydrogens (tertiary/aromatic N) is 3. The van der Waals surface area contributed by atoms with Crippen LogP contribution in [0.25, 0.3) is 0 Å². The molecular weight excluding hydrogens is 322 g/mol. The van der Waals surface area contributed by atoms with Gasteiger partial charge in [-0.05, 0) is 24.1 Å². The van der Waals surface area contributed by atoms with Crippen molar-refractivity contribution in [3.05, 3.63) is 35.4 Å². The van der Waals surface area contributed by atoms with E-state index in [2.05, 4.69) is 70.6 Å². The predicted octanol–water partition coefficient (Wildman–Crippen LogP) is 2.54. The van der Waals surface area contributed by atoms with Crippen LogP contribution in [0.5, 0.6) is 0 Å². The SMILES string of the molecule is CCC(CC)CNC(=NC)NCc1ccc(CN2CCN(C)CC2)cc1. The molecule has 5 nitrogen and oxygen atoms in total. The Morgan fingerprint density at radius 3 is 2.19 bits per heavy atom. The maximum Gasteiger partial charge on any atom is 0.191 e. The first kappa shape index (κ1) is 20.7. The van der Waals surface area contributed by atoms with E-state index in [1.165, 1.54) is 37.1 Å². The van der Waals surface area contributed by atoms with Gasteiger partial charge in [-0.25, -0.2) is 0 Å². The van der Waals surface area contributed by atoms with E-state index >= 15 is 0 Å². The number of hydrogen-bond acceptors (Lipinski definition) is 3. The quantitative estimate of drug-likeness (QED) is 0.553. The third-order valence-electron chi connectivity index (χ3n) is 5.42. The Bertz CT molecular complexity index is 528. The van der Waals surface area contributed by atoms with Gasteiger partial charge in [0.05, 0.1) is 0 Å². The Morgan fingerprint density at radius 2 is 1.62 bits per heavy atom. The zero-order valence-corrected chi connectivity index (χ0v) is 17.1. The molecule has 1 aromatic rings. The Balaban J connectivity index is 1.75. The molecule has 0 amide bonds. The highest BCUT2D eigenvalue weighted by Gasteiger charge is 2.13. The van der Waals surface area contributed by atoms with Crippen molar-refractivity contribution >= 4 is 5.96 Å². The minimum absolute atomic E-state index is 0.711. The van der Waals surface area contributed by atoms with E-state index in [4.69, 9.17) is 0 Å². The minimum atomic E-state index is 0.711. The van der Waals surface area contributed by atoms with E-state index in [-0.39, 0.29) is 0 Å². The lowest BCUT2D eigenvalue weighted by molar-refractivity contribution is 0.148. The smallest absolute Gasteiger partial charge is 0.191 e. The third kappa shape index (κ3) is 6.96. The van der Waals surface area contributed by atoms with E-state index in [1.54, 1.807) is 0 Å². The fourth-order valence-electron chi connectivity index (χ4n) is 3.25. The predicted molar refractivity (Wildman–Crippen MR) is 111 cm³/mol. The number of likely N-dealkylation sites (N-methyl/N-ethyl adjacent to an activating group) is 1. The van der Waals surface area contributed by atoms with Crippen molar-refractivity contribution in [2.45, 2.75) is 39.8 Å². The lowest BCUT2D eigenvalue weighted by Gasteiger charge is -2.32. The zero-order chi connectivity index (χ0) is 18.8. The van der Waals surface area contributed by atoms with Crippen LogP contribution in [0.15, 0.2) is 29.3 Å². The molecule has 2 rings (SSSR count). The average Bonchev–Trinajstić information content (AvgIpc) is 2.68. The van der Waals surface area contributed by atoms with E-state index in [0.29, 0.717) is 5.92 Å². The summed E-state index contributed by atoms with van der Waals surface area (Å²) in [6.07, 6.45) is 2.41. The number of hydrogen-bond donors (Lipinski definition) is 2. The fraction of sp³-hybridized carbons (Fsp3) is 0.667. The van der Waals surface area contributed by atoms with Crippen molar-refractivity contribution in [1.29, 1.82) is 0 Å². The fourth-order valence-corrected chi connectivity index (χ4v) is 3.25. The van der Waals surface area contributed by atoms with Crippen LogP contribution >= 0.6 is 0 Å². The van der Waals surface area contributed by atoms with Crippen LogP contribution in [0.3, 0.4) is 0 Å². The van der Waals surface area contributed by atoms with Gasteiger partial charge in [0.1, 0.15) is 0 Å². The second kappa shape index (κ2) is 11.2. The summed E-state index contributed by atoms with van der Waals surface area (Å²) in [6, 6.07) is 8.98. The first-order chi connectivity index (χ1) is 12.6. The Labute approximate surface area is 159 Å². The van der Waals surface area contributed by atoms with Gasteiger partial charge in [-0.2, -0.15) is 0 Å². The maximum atomic E-state index is 4.33. The van der Waals surface area contributed by atoms with Gasteiger partial charge in [0, 0.05) is 52.9 Å². The number of piperazine rings is 1. The summed E-state index contributed by atoms with van der Waals surface area (Å²) >= 11 is 0. The summed E-state index contributed by atoms with van der Waals surface area (Å²) in [7, 11) is 4.04. The van der Waals surface area contributed by atoms with Crippen LogP contribution in [0.1, 0.15) is 37.8 Å². The van der Waals surface area contributed by atoms with Gasteiger partial charge in [0.15, 0.2) is 5.96 Å². The monoisotopic (exact) mass is 359 g/mol. The first-order valence-corrected chi connectivity index (χ1v) is 10.1. The Hall–Kier alpha value is -1.59. The highest BCUT2D eigenvalue weighted by Crippen LogP contribution is 2.10. The van der Waals surface area contributed by atoms with Crippen molar-refractivity contribution in [2.75, 3.05) is 46.8 Å². The maximum absolute atomic E-state index is 4.33. The number of aliphatic imine (C=N–C) groups is 1. The first-order valence-electron chi connectivity index (χ1n) is 10.1. The van der Waals surface area contributed by atoms with Crippen molar-refractivity contribution in [3.8, 4) is 0 Å². The molecular formula is C21H37N5. The van der Waals surface area contributed by atoms with Gasteiger partial charge in [0.25, 0.3) is 0 Å². The Kier molecular flexibility index (Phi) is 8.92. The molecule has 0 bridgehead atoms. The normalized spacial score (nSPS) is 16.9. The van der Waals surface area contributed by atoms with Gasteiger partial charge in [-0.15, -0.1) is 0 Å². The van der Waals surface area contributed by atoms with Crippen LogP contribution in [0.2, 0.25) is 0 Å². The van der Waals surface area contributed by atoms with Crippen molar-refractivity contribution in [1.82, 2.24) is 20.4 Å². The standard InChI is InChI=1S/C21H37N5/c1-5-18(6-2)15-23-21(22-3)24-16-19-7-9-20(10-8-19)17-26-13-11-25(4)12-14-26/h7-10,18H,5-6,11-17H2,1-4H3,(H2,22,23,24). The topological polar surface area (TPSA) is 42.9 Å². The molecule has 0 saturated carbocycles. The molecule has 26 heavy (non-hydrogen) atoms. The molecule has 0 aromatic heterocycles. The zero-order valence-electron chi connectivity index (χ0n) is 17.1. The molecule has 1 fully saturated rings. The summed E-state index contributed by atoms with van der Waals surface area (Å²) in [6.45, 7) is 12.0. The van der Waals surface area contributed by atoms with E-state index in [1.807, 2.05) is 7.05 Å². The summed E-state index contributed by atoms with van der Waals surface area (Å²) < 4.78 is 0. The van der Waals surface area contributed by atoms with Crippen molar-refractivity contribution in [2.24, 2.45) is 10.9 Å². The summed E-state index contributed by atoms with van der Waals surface area (Å²) in [5, 5.41) is 6.86. The average molecular weight is 360 g/mol. The number of rotatable bonds is 8. The molecule has 146 valence electrons. The van der Waals surface area contributed by atoms with E-state index in [0.717, 1.165) is 38.7 Å². The van der Waals surface area contributed by atoms with Crippen LogP contribution < -0.4 is 10.6 Å². The summed E-state index contributed by atoms with van der Waals surface area (Å²) in [5.74, 6) is 1.60. The number of benzene rings is 1. The molecule has 1 heterocycles. The van der Waals surface area contributed by atoms with E-state index < -0.39 is 0 Å². The van der Waals surface area contributed by atoms with Crippen molar-refractivity contribution in [3.63, 3.8) is 0 Å². The van der Waals surface area contributed by atoms with E-state index in [9.17, 15) is 0 Å². The molecule has 1 aromatic carbocycles. The molecule has 2 N–H and O–H groups in total. The molecule has 0 radical (unpaired) electrons. The van der Waals surface area contributed by atoms with Gasteiger partial charge in [0.2, 0.25) is 0 Å². The second-order valence-electron chi connectivity index (χ2n) is 7.39. The summed E-state index contributed by atoms with van der Waals surface area (Å²) in [4.78, 5) is 9.27. The van der Waals surface area contributed by atoms with Gasteiger partial charge in [-0.1, -0.05) is 51.0 Å². The summed E-state index contributed by atoms with van der Waals surface area (Å²) in [5.41, 5.74) is 2.69. The lowest BCUT2D eigenvalue weighted by Crippen LogP contribution is -2.43.